The second-order valence-electron chi connectivity index (χ2n) is 6.83. The number of amides is 1. The van der Waals surface area contributed by atoms with Crippen molar-refractivity contribution in [3.8, 4) is 5.75 Å². The second kappa shape index (κ2) is 9.05. The topological polar surface area (TPSA) is 60.6 Å². The molecule has 7 heteroatoms. The number of halogens is 1. The number of ether oxygens (including phenoxy) is 1. The van der Waals surface area contributed by atoms with Crippen LogP contribution in [0.2, 0.25) is 5.02 Å². The number of rotatable bonds is 8. The van der Waals surface area contributed by atoms with E-state index in [1.165, 1.54) is 12.8 Å². The van der Waals surface area contributed by atoms with Crippen molar-refractivity contribution in [2.24, 2.45) is 0 Å². The number of likely N-dealkylation sites (N-methyl/N-ethyl adjacent to an activating group) is 1. The molecule has 1 amide bonds. The fourth-order valence-electron chi connectivity index (χ4n) is 3.28. The summed E-state index contributed by atoms with van der Waals surface area (Å²) in [6.07, 6.45) is 6.50. The number of anilines is 1. The van der Waals surface area contributed by atoms with Gasteiger partial charge in [0.2, 0.25) is 0 Å². The summed E-state index contributed by atoms with van der Waals surface area (Å²) in [5.41, 5.74) is 0. The average molecular weight is 378 g/mol. The molecule has 0 bridgehead atoms. The number of aromatic nitrogens is 2. The zero-order valence-corrected chi connectivity index (χ0v) is 15.8. The number of quaternary nitrogens is 1. The number of nitrogens with one attached hydrogen (secondary N) is 2. The standard InChI is InChI=1S/C19H25ClN4O2/c1-23(12-13-26-17-8-6-15(20)7-9-17)14-19(25)22-18-10-11-21-24(18)16-4-2-3-5-16/h6-11,16H,2-5,12-14H2,1H3,(H,22,25)/p+1. The van der Waals surface area contributed by atoms with E-state index in [1.807, 2.05) is 29.9 Å². The van der Waals surface area contributed by atoms with Crippen LogP contribution in [0.4, 0.5) is 5.82 Å². The summed E-state index contributed by atoms with van der Waals surface area (Å²) in [4.78, 5) is 13.4. The van der Waals surface area contributed by atoms with Crippen molar-refractivity contribution in [1.29, 1.82) is 0 Å². The predicted molar refractivity (Wildman–Crippen MR) is 102 cm³/mol. The molecule has 2 aromatic rings. The van der Waals surface area contributed by atoms with E-state index in [-0.39, 0.29) is 5.91 Å². The van der Waals surface area contributed by atoms with Crippen LogP contribution in [0.15, 0.2) is 36.5 Å². The number of nitrogens with zero attached hydrogens (tertiary/aromatic N) is 2. The normalized spacial score (nSPS) is 15.8. The van der Waals surface area contributed by atoms with E-state index >= 15 is 0 Å². The average Bonchev–Trinajstić information content (AvgIpc) is 3.27. The number of hydrogen-bond acceptors (Lipinski definition) is 3. The van der Waals surface area contributed by atoms with Crippen molar-refractivity contribution < 1.29 is 14.4 Å². The van der Waals surface area contributed by atoms with Gasteiger partial charge >= 0.3 is 0 Å². The van der Waals surface area contributed by atoms with Gasteiger partial charge in [-0.15, -0.1) is 0 Å². The minimum absolute atomic E-state index is 0.00580. The highest BCUT2D eigenvalue weighted by atomic mass is 35.5. The fraction of sp³-hybridized carbons (Fsp3) is 0.474. The van der Waals surface area contributed by atoms with E-state index < -0.39 is 0 Å². The maximum absolute atomic E-state index is 12.3. The van der Waals surface area contributed by atoms with Gasteiger partial charge < -0.3 is 15.0 Å². The summed E-state index contributed by atoms with van der Waals surface area (Å²) in [5.74, 6) is 1.58. The molecule has 0 radical (unpaired) electrons. The van der Waals surface area contributed by atoms with Crippen LogP contribution in [0.5, 0.6) is 5.75 Å². The van der Waals surface area contributed by atoms with E-state index in [0.29, 0.717) is 24.2 Å². The first kappa shape index (κ1) is 18.7. The van der Waals surface area contributed by atoms with E-state index in [9.17, 15) is 4.79 Å². The minimum atomic E-state index is -0.00580. The monoisotopic (exact) mass is 377 g/mol. The van der Waals surface area contributed by atoms with Gasteiger partial charge in [0.05, 0.1) is 19.3 Å². The zero-order chi connectivity index (χ0) is 18.4. The Morgan fingerprint density at radius 3 is 2.77 bits per heavy atom. The molecule has 1 aliphatic rings. The summed E-state index contributed by atoms with van der Waals surface area (Å²) in [7, 11) is 1.99. The number of hydrogen-bond donors (Lipinski definition) is 2. The molecule has 1 aromatic carbocycles. The fourth-order valence-corrected chi connectivity index (χ4v) is 3.40. The van der Waals surface area contributed by atoms with E-state index in [0.717, 1.165) is 35.9 Å². The van der Waals surface area contributed by atoms with Crippen LogP contribution in [0.1, 0.15) is 31.7 Å². The Bertz CT molecular complexity index is 711. The first-order chi connectivity index (χ1) is 12.6. The molecule has 1 fully saturated rings. The van der Waals surface area contributed by atoms with Crippen LogP contribution in [0, 0.1) is 0 Å². The highest BCUT2D eigenvalue weighted by Gasteiger charge is 2.21. The Kier molecular flexibility index (Phi) is 6.52. The molecule has 1 heterocycles. The van der Waals surface area contributed by atoms with Crippen molar-refractivity contribution >= 4 is 23.3 Å². The molecule has 0 spiro atoms. The molecular weight excluding hydrogens is 352 g/mol. The van der Waals surface area contributed by atoms with Crippen molar-refractivity contribution in [2.75, 3.05) is 32.1 Å². The number of benzene rings is 1. The largest absolute Gasteiger partial charge is 0.488 e. The van der Waals surface area contributed by atoms with Crippen molar-refractivity contribution in [2.45, 2.75) is 31.7 Å². The molecule has 0 saturated heterocycles. The summed E-state index contributed by atoms with van der Waals surface area (Å²) in [5, 5.41) is 8.07. The van der Waals surface area contributed by atoms with Gasteiger partial charge in [-0.2, -0.15) is 5.10 Å². The zero-order valence-electron chi connectivity index (χ0n) is 15.1. The maximum atomic E-state index is 12.3. The van der Waals surface area contributed by atoms with Gasteiger partial charge in [0.15, 0.2) is 6.54 Å². The van der Waals surface area contributed by atoms with Crippen LogP contribution in [-0.2, 0) is 4.79 Å². The Morgan fingerprint density at radius 2 is 2.04 bits per heavy atom. The summed E-state index contributed by atoms with van der Waals surface area (Å²) in [6, 6.07) is 9.57. The van der Waals surface area contributed by atoms with E-state index in [2.05, 4.69) is 10.4 Å². The van der Waals surface area contributed by atoms with Crippen LogP contribution in [0.25, 0.3) is 0 Å². The Labute approximate surface area is 159 Å². The van der Waals surface area contributed by atoms with Crippen LogP contribution >= 0.6 is 11.6 Å². The van der Waals surface area contributed by atoms with Crippen LogP contribution in [0.3, 0.4) is 0 Å². The molecule has 140 valence electrons. The van der Waals surface area contributed by atoms with Gasteiger partial charge in [-0.3, -0.25) is 4.79 Å². The van der Waals surface area contributed by atoms with Crippen molar-refractivity contribution in [3.05, 3.63) is 41.6 Å². The Hall–Kier alpha value is -2.05. The first-order valence-corrected chi connectivity index (χ1v) is 9.52. The highest BCUT2D eigenvalue weighted by molar-refractivity contribution is 6.30. The lowest BCUT2D eigenvalue weighted by molar-refractivity contribution is -0.871. The Balaban J connectivity index is 1.41. The molecule has 6 nitrogen and oxygen atoms in total. The summed E-state index contributed by atoms with van der Waals surface area (Å²) < 4.78 is 7.64. The molecule has 1 aliphatic carbocycles. The quantitative estimate of drug-likeness (QED) is 0.741. The third kappa shape index (κ3) is 5.22. The van der Waals surface area contributed by atoms with Crippen molar-refractivity contribution in [3.63, 3.8) is 0 Å². The first-order valence-electron chi connectivity index (χ1n) is 9.15. The second-order valence-corrected chi connectivity index (χ2v) is 7.27. The van der Waals surface area contributed by atoms with E-state index in [1.54, 1.807) is 18.3 Å². The van der Waals surface area contributed by atoms with Gasteiger partial charge in [-0.05, 0) is 37.1 Å². The molecule has 0 aliphatic heterocycles. The maximum Gasteiger partial charge on any atom is 0.280 e. The van der Waals surface area contributed by atoms with E-state index in [4.69, 9.17) is 16.3 Å². The third-order valence-electron chi connectivity index (χ3n) is 4.68. The summed E-state index contributed by atoms with van der Waals surface area (Å²) >= 11 is 5.85. The molecular formula is C19H26ClN4O2+. The molecule has 1 atom stereocenters. The van der Waals surface area contributed by atoms with Crippen molar-refractivity contribution in [1.82, 2.24) is 9.78 Å². The lowest BCUT2D eigenvalue weighted by Gasteiger charge is -2.17. The molecule has 2 N–H and O–H groups in total. The number of carbonyl (C=O) groups is 1. The van der Waals surface area contributed by atoms with Crippen LogP contribution in [-0.4, -0.2) is 42.4 Å². The minimum Gasteiger partial charge on any atom is -0.488 e. The molecule has 1 unspecified atom stereocenters. The molecule has 26 heavy (non-hydrogen) atoms. The lowest BCUT2D eigenvalue weighted by atomic mass is 10.2. The van der Waals surface area contributed by atoms with Crippen LogP contribution < -0.4 is 15.0 Å². The molecule has 1 saturated carbocycles. The number of carbonyl (C=O) groups excluding carboxylic acids is 1. The Morgan fingerprint density at radius 1 is 1.31 bits per heavy atom. The lowest BCUT2D eigenvalue weighted by Crippen LogP contribution is -3.10. The highest BCUT2D eigenvalue weighted by Crippen LogP contribution is 2.31. The SMILES string of the molecule is C[NH+](CCOc1ccc(Cl)cc1)CC(=O)Nc1ccnn1C1CCCC1. The third-order valence-corrected chi connectivity index (χ3v) is 4.93. The summed E-state index contributed by atoms with van der Waals surface area (Å²) in [6.45, 7) is 1.67. The predicted octanol–water partition coefficient (Wildman–Crippen LogP) is 2.18. The van der Waals surface area contributed by atoms with Gasteiger partial charge in [0, 0.05) is 11.1 Å². The van der Waals surface area contributed by atoms with Gasteiger partial charge in [-0.25, -0.2) is 4.68 Å². The van der Waals surface area contributed by atoms with Gasteiger partial charge in [-0.1, -0.05) is 24.4 Å². The molecule has 1 aromatic heterocycles. The van der Waals surface area contributed by atoms with Gasteiger partial charge in [0.1, 0.15) is 24.7 Å². The van der Waals surface area contributed by atoms with Gasteiger partial charge in [0.25, 0.3) is 5.91 Å². The molecule has 3 rings (SSSR count). The smallest absolute Gasteiger partial charge is 0.280 e.